The van der Waals surface area contributed by atoms with Gasteiger partial charge < -0.3 is 15.8 Å². The number of aliphatic imine (C=N–C) groups is 1. The molecule has 5 N–H and O–H groups in total. The Balaban J connectivity index is 0. The average molecular weight is 290 g/mol. The van der Waals surface area contributed by atoms with Gasteiger partial charge in [-0.2, -0.15) is 0 Å². The third kappa shape index (κ3) is 14.0. The van der Waals surface area contributed by atoms with E-state index in [1.807, 2.05) is 0 Å². The summed E-state index contributed by atoms with van der Waals surface area (Å²) in [6.07, 6.45) is 4.56. The Labute approximate surface area is 119 Å². The van der Waals surface area contributed by atoms with Gasteiger partial charge in [-0.05, 0) is 12.8 Å². The van der Waals surface area contributed by atoms with Crippen LogP contribution in [0.25, 0.3) is 0 Å². The van der Waals surface area contributed by atoms with E-state index in [-0.39, 0.29) is 5.96 Å². The highest BCUT2D eigenvalue weighted by atomic mass is 16.9. The zero-order valence-corrected chi connectivity index (χ0v) is 12.4. The van der Waals surface area contributed by atoms with Gasteiger partial charge in [0.2, 0.25) is 0 Å². The number of hydrogen-bond acceptors (Lipinski definition) is 4. The summed E-state index contributed by atoms with van der Waals surface area (Å²) in [6.45, 7) is 6.26. The highest BCUT2D eigenvalue weighted by Crippen LogP contribution is 1.99. The minimum Gasteiger partial charge on any atom is -0.370 e. The molecule has 9 nitrogen and oxygen atoms in total. The van der Waals surface area contributed by atoms with Crippen LogP contribution in [-0.2, 0) is 0 Å². The summed E-state index contributed by atoms with van der Waals surface area (Å²) in [6, 6.07) is 0. The summed E-state index contributed by atoms with van der Waals surface area (Å²) in [5.74, 6) is 0.646. The van der Waals surface area contributed by atoms with Crippen molar-refractivity contribution in [3.63, 3.8) is 0 Å². The second kappa shape index (κ2) is 13.4. The normalized spacial score (nSPS) is 10.2. The number of nitrogens with one attached hydrogen (secondary N) is 2. The second-order valence-electron chi connectivity index (χ2n) is 4.02. The highest BCUT2D eigenvalue weighted by Gasteiger charge is 2.09. The molecule has 0 aliphatic heterocycles. The van der Waals surface area contributed by atoms with Crippen molar-refractivity contribution < 1.29 is 10.3 Å². The van der Waals surface area contributed by atoms with Crippen LogP contribution >= 0.6 is 0 Å². The van der Waals surface area contributed by atoms with E-state index >= 15 is 0 Å². The summed E-state index contributed by atoms with van der Waals surface area (Å²) < 4.78 is 0. The molecule has 0 aliphatic carbocycles. The standard InChI is InChI=1S/C11H25N5.HNO3/c1-4-6-8-16(9-7-5-2)11(14-3)15-10(12)13;2-1(3)4/h4-9H2,1-3H3,(H4,12,13,14,15);(H,2,3,4). The van der Waals surface area contributed by atoms with Crippen molar-refractivity contribution in [3.05, 3.63) is 10.1 Å². The van der Waals surface area contributed by atoms with Crippen LogP contribution in [-0.4, -0.2) is 47.3 Å². The van der Waals surface area contributed by atoms with Crippen LogP contribution in [0.5, 0.6) is 0 Å². The first-order chi connectivity index (χ1) is 9.38. The number of hydrogen-bond donors (Lipinski definition) is 4. The van der Waals surface area contributed by atoms with Gasteiger partial charge in [-0.25, -0.2) is 0 Å². The number of unbranched alkanes of at least 4 members (excludes halogenated alkanes) is 2. The molecule has 0 unspecified atom stereocenters. The molecule has 0 spiro atoms. The van der Waals surface area contributed by atoms with E-state index in [2.05, 4.69) is 29.1 Å². The van der Waals surface area contributed by atoms with Crippen molar-refractivity contribution in [1.29, 1.82) is 5.41 Å². The lowest BCUT2D eigenvalue weighted by atomic mass is 10.3. The summed E-state index contributed by atoms with van der Waals surface area (Å²) in [7, 11) is 1.72. The molecule has 0 aromatic rings. The van der Waals surface area contributed by atoms with Crippen molar-refractivity contribution in [1.82, 2.24) is 10.2 Å². The molecule has 0 radical (unpaired) electrons. The van der Waals surface area contributed by atoms with Crippen molar-refractivity contribution in [2.45, 2.75) is 39.5 Å². The number of guanidine groups is 2. The Morgan fingerprint density at radius 3 is 2.05 bits per heavy atom. The predicted octanol–water partition coefficient (Wildman–Crippen LogP) is 1.01. The number of nitrogens with two attached hydrogens (primary N) is 1. The molecular formula is C11H26N6O3. The van der Waals surface area contributed by atoms with E-state index in [4.69, 9.17) is 26.5 Å². The van der Waals surface area contributed by atoms with Crippen molar-refractivity contribution in [2.24, 2.45) is 10.7 Å². The highest BCUT2D eigenvalue weighted by molar-refractivity contribution is 5.96. The lowest BCUT2D eigenvalue weighted by Gasteiger charge is -2.25. The lowest BCUT2D eigenvalue weighted by molar-refractivity contribution is -0.742. The third-order valence-corrected chi connectivity index (χ3v) is 2.32. The van der Waals surface area contributed by atoms with E-state index in [1.54, 1.807) is 7.05 Å². The Morgan fingerprint density at radius 2 is 1.80 bits per heavy atom. The first-order valence-corrected chi connectivity index (χ1v) is 6.54. The molecule has 118 valence electrons. The maximum absolute atomic E-state index is 8.36. The van der Waals surface area contributed by atoms with Gasteiger partial charge in [0, 0.05) is 20.1 Å². The molecule has 0 saturated carbocycles. The Bertz CT molecular complexity index is 297. The Hall–Kier alpha value is -2.06. The summed E-state index contributed by atoms with van der Waals surface area (Å²) in [5.41, 5.74) is 5.33. The molecule has 0 aromatic heterocycles. The molecule has 0 rings (SSSR count). The molecule has 0 aromatic carbocycles. The molecule has 0 bridgehead atoms. The number of rotatable bonds is 6. The Morgan fingerprint density at radius 1 is 1.40 bits per heavy atom. The molecule has 20 heavy (non-hydrogen) atoms. The molecule has 0 heterocycles. The van der Waals surface area contributed by atoms with E-state index in [1.165, 1.54) is 0 Å². The molecular weight excluding hydrogens is 264 g/mol. The molecule has 0 fully saturated rings. The Kier molecular flexibility index (Phi) is 13.5. The van der Waals surface area contributed by atoms with Gasteiger partial charge in [0.05, 0.1) is 0 Å². The van der Waals surface area contributed by atoms with Crippen LogP contribution in [0.1, 0.15) is 39.5 Å². The topological polar surface area (TPSA) is 141 Å². The van der Waals surface area contributed by atoms with Crippen molar-refractivity contribution >= 4 is 11.9 Å². The van der Waals surface area contributed by atoms with Gasteiger partial charge in [0.1, 0.15) is 0 Å². The zero-order chi connectivity index (χ0) is 16.0. The van der Waals surface area contributed by atoms with E-state index in [0.717, 1.165) is 38.8 Å². The van der Waals surface area contributed by atoms with E-state index in [9.17, 15) is 0 Å². The van der Waals surface area contributed by atoms with Gasteiger partial charge in [0.15, 0.2) is 11.9 Å². The SMILES string of the molecule is CCCCN(CCCC)/C(=N\C)NC(=N)N.O=[N+]([O-])O. The molecule has 0 saturated heterocycles. The van der Waals surface area contributed by atoms with Crippen molar-refractivity contribution in [2.75, 3.05) is 20.1 Å². The fourth-order valence-corrected chi connectivity index (χ4v) is 1.42. The number of nitrogens with zero attached hydrogens (tertiary/aromatic N) is 3. The smallest absolute Gasteiger partial charge is 0.291 e. The predicted molar refractivity (Wildman–Crippen MR) is 78.6 cm³/mol. The zero-order valence-electron chi connectivity index (χ0n) is 12.4. The molecule has 0 atom stereocenters. The molecule has 9 heteroatoms. The average Bonchev–Trinajstić information content (AvgIpc) is 2.35. The largest absolute Gasteiger partial charge is 0.370 e. The van der Waals surface area contributed by atoms with Crippen LogP contribution in [0.3, 0.4) is 0 Å². The minimum absolute atomic E-state index is 0.0569. The third-order valence-electron chi connectivity index (χ3n) is 2.32. The van der Waals surface area contributed by atoms with Crippen LogP contribution in [0.15, 0.2) is 4.99 Å². The molecule has 0 amide bonds. The van der Waals surface area contributed by atoms with Gasteiger partial charge >= 0.3 is 0 Å². The van der Waals surface area contributed by atoms with E-state index < -0.39 is 5.09 Å². The van der Waals surface area contributed by atoms with Gasteiger partial charge in [-0.1, -0.05) is 26.7 Å². The minimum atomic E-state index is -1.50. The lowest BCUT2D eigenvalue weighted by Crippen LogP contribution is -2.47. The van der Waals surface area contributed by atoms with Gasteiger partial charge in [-0.15, -0.1) is 10.1 Å². The maximum atomic E-state index is 8.36. The first kappa shape index (κ1) is 20.3. The van der Waals surface area contributed by atoms with Crippen LogP contribution < -0.4 is 11.1 Å². The van der Waals surface area contributed by atoms with Crippen LogP contribution in [0.2, 0.25) is 0 Å². The monoisotopic (exact) mass is 290 g/mol. The first-order valence-electron chi connectivity index (χ1n) is 6.54. The van der Waals surface area contributed by atoms with Gasteiger partial charge in [0.25, 0.3) is 5.09 Å². The van der Waals surface area contributed by atoms with E-state index in [0.29, 0.717) is 5.96 Å². The summed E-state index contributed by atoms with van der Waals surface area (Å²) in [4.78, 5) is 14.7. The fourth-order valence-electron chi connectivity index (χ4n) is 1.42. The van der Waals surface area contributed by atoms with Gasteiger partial charge in [-0.3, -0.25) is 15.7 Å². The van der Waals surface area contributed by atoms with Crippen LogP contribution in [0.4, 0.5) is 0 Å². The van der Waals surface area contributed by atoms with Crippen molar-refractivity contribution in [3.8, 4) is 0 Å². The summed E-state index contributed by atoms with van der Waals surface area (Å²) in [5, 5.41) is 23.7. The second-order valence-corrected chi connectivity index (χ2v) is 4.02. The van der Waals surface area contributed by atoms with Crippen LogP contribution in [0, 0.1) is 15.5 Å². The maximum Gasteiger partial charge on any atom is 0.291 e. The summed E-state index contributed by atoms with van der Waals surface area (Å²) >= 11 is 0. The quantitative estimate of drug-likeness (QED) is 0.249. The fraction of sp³-hybridized carbons (Fsp3) is 0.818. The molecule has 0 aliphatic rings.